The lowest BCUT2D eigenvalue weighted by atomic mass is 10.1. The molecule has 168 valence electrons. The van der Waals surface area contributed by atoms with Gasteiger partial charge in [0.05, 0.1) is 11.7 Å². The number of hydrogen-bond donors (Lipinski definition) is 4. The predicted molar refractivity (Wildman–Crippen MR) is 116 cm³/mol. The number of allylic oxidation sites excluding steroid dienone is 4. The fraction of sp³-hybridized carbons (Fsp3) is 0.450. The zero-order valence-electron chi connectivity index (χ0n) is 17.8. The first-order chi connectivity index (χ1) is 14.2. The first-order valence-corrected chi connectivity index (χ1v) is 9.40. The Bertz CT molecular complexity index is 652. The van der Waals surface area contributed by atoms with E-state index in [1.54, 1.807) is 19.1 Å². The monoisotopic (exact) mass is 423 g/mol. The average molecular weight is 424 g/mol. The number of ether oxygens (including phenoxy) is 1. The molecule has 0 bridgehead atoms. The first kappa shape index (κ1) is 28.8. The minimum atomic E-state index is -0.666. The molecule has 6 N–H and O–H groups in total. The third kappa shape index (κ3) is 18.0. The van der Waals surface area contributed by atoms with Gasteiger partial charge < -0.3 is 26.3 Å². The fourth-order valence-electron chi connectivity index (χ4n) is 1.72. The fourth-order valence-corrected chi connectivity index (χ4v) is 1.72. The molecule has 0 aliphatic heterocycles. The summed E-state index contributed by atoms with van der Waals surface area (Å²) >= 11 is 0. The SMILES string of the molecule is C=CCOC(=O)N/C(=C/C=C\C)C(C)=O.CCC(=O)N[C@H](C=O)CCCN=C(N)N. The van der Waals surface area contributed by atoms with Gasteiger partial charge in [-0.25, -0.2) is 4.79 Å². The van der Waals surface area contributed by atoms with Crippen LogP contribution in [-0.2, 0) is 19.1 Å². The van der Waals surface area contributed by atoms with E-state index < -0.39 is 12.1 Å². The summed E-state index contributed by atoms with van der Waals surface area (Å²) in [6, 6.07) is -0.438. The second-order valence-electron chi connectivity index (χ2n) is 5.79. The molecule has 1 atom stereocenters. The molecule has 0 rings (SSSR count). The number of Topliss-reactive ketones (excluding diaryl/α,β-unsaturated/α-hetero) is 1. The van der Waals surface area contributed by atoms with Crippen LogP contribution in [0.2, 0.25) is 0 Å². The van der Waals surface area contributed by atoms with Crippen molar-refractivity contribution >= 4 is 30.0 Å². The van der Waals surface area contributed by atoms with Crippen molar-refractivity contribution in [1.29, 1.82) is 0 Å². The maximum absolute atomic E-state index is 11.1. The molecule has 30 heavy (non-hydrogen) atoms. The van der Waals surface area contributed by atoms with Crippen molar-refractivity contribution in [1.82, 2.24) is 10.6 Å². The van der Waals surface area contributed by atoms with Gasteiger partial charge in [-0.05, 0) is 25.8 Å². The number of nitrogens with two attached hydrogens (primary N) is 2. The Labute approximate surface area is 177 Å². The highest BCUT2D eigenvalue weighted by Gasteiger charge is 2.09. The second kappa shape index (κ2) is 18.9. The zero-order valence-corrected chi connectivity index (χ0v) is 17.8. The van der Waals surface area contributed by atoms with Crippen molar-refractivity contribution in [2.24, 2.45) is 16.5 Å². The van der Waals surface area contributed by atoms with E-state index in [0.717, 1.165) is 6.29 Å². The highest BCUT2D eigenvalue weighted by Crippen LogP contribution is 1.96. The quantitative estimate of drug-likeness (QED) is 0.0693. The van der Waals surface area contributed by atoms with Crippen LogP contribution < -0.4 is 22.1 Å². The minimum absolute atomic E-state index is 0.0373. The van der Waals surface area contributed by atoms with Gasteiger partial charge in [0.25, 0.3) is 0 Å². The summed E-state index contributed by atoms with van der Waals surface area (Å²) in [5.74, 6) is -0.326. The minimum Gasteiger partial charge on any atom is -0.445 e. The van der Waals surface area contributed by atoms with E-state index in [0.29, 0.717) is 25.8 Å². The number of ketones is 1. The Balaban J connectivity index is 0. The van der Waals surface area contributed by atoms with Crippen LogP contribution in [0.5, 0.6) is 0 Å². The van der Waals surface area contributed by atoms with Gasteiger partial charge in [0.15, 0.2) is 11.7 Å². The summed E-state index contributed by atoms with van der Waals surface area (Å²) < 4.78 is 4.67. The molecule has 0 radical (unpaired) electrons. The number of guanidine groups is 1. The largest absolute Gasteiger partial charge is 0.445 e. The van der Waals surface area contributed by atoms with E-state index in [-0.39, 0.29) is 30.0 Å². The van der Waals surface area contributed by atoms with Crippen LogP contribution in [0.15, 0.2) is 41.6 Å². The maximum Gasteiger partial charge on any atom is 0.412 e. The van der Waals surface area contributed by atoms with Gasteiger partial charge in [0.1, 0.15) is 12.9 Å². The molecule has 10 heteroatoms. The molecule has 0 heterocycles. The summed E-state index contributed by atoms with van der Waals surface area (Å²) in [5, 5.41) is 4.92. The molecule has 10 nitrogen and oxygen atoms in total. The summed E-state index contributed by atoms with van der Waals surface area (Å²) in [6.07, 6.45) is 8.00. The van der Waals surface area contributed by atoms with Crippen LogP contribution >= 0.6 is 0 Å². The molecular weight excluding hydrogens is 390 g/mol. The van der Waals surface area contributed by atoms with Crippen molar-refractivity contribution in [2.75, 3.05) is 13.2 Å². The number of amides is 2. The first-order valence-electron chi connectivity index (χ1n) is 9.40. The predicted octanol–water partition coefficient (Wildman–Crippen LogP) is 1.08. The molecule has 0 spiro atoms. The van der Waals surface area contributed by atoms with Gasteiger partial charge in [-0.3, -0.25) is 19.9 Å². The maximum atomic E-state index is 11.1. The van der Waals surface area contributed by atoms with Crippen molar-refractivity contribution in [3.05, 3.63) is 36.6 Å². The number of nitrogens with zero attached hydrogens (tertiary/aromatic N) is 1. The van der Waals surface area contributed by atoms with Crippen LogP contribution in [0.3, 0.4) is 0 Å². The molecule has 0 saturated carbocycles. The highest BCUT2D eigenvalue weighted by molar-refractivity contribution is 5.96. The Morgan fingerprint density at radius 3 is 2.40 bits per heavy atom. The van der Waals surface area contributed by atoms with Crippen molar-refractivity contribution < 1.29 is 23.9 Å². The van der Waals surface area contributed by atoms with Gasteiger partial charge >= 0.3 is 6.09 Å². The topological polar surface area (TPSA) is 166 Å². The van der Waals surface area contributed by atoms with Gasteiger partial charge in [-0.15, -0.1) is 0 Å². The number of aliphatic imine (C=N–C) groups is 1. The van der Waals surface area contributed by atoms with Crippen molar-refractivity contribution in [3.8, 4) is 0 Å². The van der Waals surface area contributed by atoms with Gasteiger partial charge in [0, 0.05) is 19.9 Å². The average Bonchev–Trinajstić information content (AvgIpc) is 2.71. The van der Waals surface area contributed by atoms with E-state index in [9.17, 15) is 19.2 Å². The van der Waals surface area contributed by atoms with Crippen molar-refractivity contribution in [3.63, 3.8) is 0 Å². The lowest BCUT2D eigenvalue weighted by Crippen LogP contribution is -2.35. The van der Waals surface area contributed by atoms with E-state index in [2.05, 4.69) is 26.9 Å². The number of carbonyl (C=O) groups is 4. The van der Waals surface area contributed by atoms with Gasteiger partial charge in [-0.2, -0.15) is 0 Å². The number of alkyl carbamates (subject to hydrolysis) is 1. The number of rotatable bonds is 12. The van der Waals surface area contributed by atoms with Crippen LogP contribution in [0, 0.1) is 0 Å². The zero-order chi connectivity index (χ0) is 23.4. The van der Waals surface area contributed by atoms with E-state index in [1.807, 2.05) is 6.92 Å². The highest BCUT2D eigenvalue weighted by atomic mass is 16.5. The third-order valence-electron chi connectivity index (χ3n) is 3.20. The molecule has 0 aromatic heterocycles. The summed E-state index contributed by atoms with van der Waals surface area (Å²) in [4.78, 5) is 47.5. The molecule has 2 amide bonds. The lowest BCUT2D eigenvalue weighted by molar-refractivity contribution is -0.123. The van der Waals surface area contributed by atoms with E-state index in [1.165, 1.54) is 19.1 Å². The Morgan fingerprint density at radius 2 is 1.93 bits per heavy atom. The third-order valence-corrected chi connectivity index (χ3v) is 3.20. The number of hydrogen-bond acceptors (Lipinski definition) is 6. The van der Waals surface area contributed by atoms with Gasteiger partial charge in [0.2, 0.25) is 5.91 Å². The Morgan fingerprint density at radius 1 is 1.27 bits per heavy atom. The molecule has 0 aliphatic carbocycles. The summed E-state index contributed by atoms with van der Waals surface area (Å²) in [7, 11) is 0. The summed E-state index contributed by atoms with van der Waals surface area (Å²) in [5.41, 5.74) is 10.5. The van der Waals surface area contributed by atoms with Crippen LogP contribution in [0.1, 0.15) is 40.0 Å². The number of aldehydes is 1. The summed E-state index contributed by atoms with van der Waals surface area (Å²) in [6.45, 7) is 8.88. The van der Waals surface area contributed by atoms with Crippen molar-refractivity contribution in [2.45, 2.75) is 46.1 Å². The normalized spacial score (nSPS) is 11.4. The molecule has 0 unspecified atom stereocenters. The smallest absolute Gasteiger partial charge is 0.412 e. The molecule has 0 aromatic rings. The number of carbonyl (C=O) groups excluding carboxylic acids is 4. The van der Waals surface area contributed by atoms with Crippen LogP contribution in [0.4, 0.5) is 4.79 Å². The molecule has 0 aliphatic rings. The van der Waals surface area contributed by atoms with E-state index >= 15 is 0 Å². The molecule has 0 saturated heterocycles. The molecular formula is C20H33N5O5. The van der Waals surface area contributed by atoms with Crippen LogP contribution in [0.25, 0.3) is 0 Å². The standard InChI is InChI=1S/C11H15NO3.C9H18N4O2/c1-4-6-7-10(9(3)13)12-11(14)15-8-5-2;1-2-8(15)13-7(6-14)4-3-5-12-9(10)11/h4-7H,2,8H2,1,3H3,(H,12,14);6-7H,2-5H2,1H3,(H,13,15)(H4,10,11,12)/b6-4-,10-7+;/t;7-/m.0/s1. The molecule has 0 aromatic carbocycles. The molecule has 0 fully saturated rings. The second-order valence-corrected chi connectivity index (χ2v) is 5.79. The Kier molecular flexibility index (Phi) is 18.1. The van der Waals surface area contributed by atoms with E-state index in [4.69, 9.17) is 11.5 Å². The lowest BCUT2D eigenvalue weighted by Gasteiger charge is -2.10. The Hall–Kier alpha value is -3.43. The van der Waals surface area contributed by atoms with Gasteiger partial charge in [-0.1, -0.05) is 31.7 Å². The number of nitrogens with one attached hydrogen (secondary N) is 2. The van der Waals surface area contributed by atoms with Crippen LogP contribution in [-0.4, -0.2) is 49.2 Å².